The quantitative estimate of drug-likeness (QED) is 0.866. The zero-order valence-electron chi connectivity index (χ0n) is 12.3. The molecule has 3 heteroatoms. The van der Waals surface area contributed by atoms with E-state index in [1.54, 1.807) is 0 Å². The van der Waals surface area contributed by atoms with Gasteiger partial charge in [0.25, 0.3) is 0 Å². The van der Waals surface area contributed by atoms with Crippen molar-refractivity contribution < 1.29 is 4.79 Å². The number of carbonyl (C=O) groups excluding carboxylic acids is 1. The van der Waals surface area contributed by atoms with Crippen LogP contribution in [0.1, 0.15) is 38.2 Å². The van der Waals surface area contributed by atoms with Crippen molar-refractivity contribution in [1.29, 1.82) is 0 Å². The zero-order chi connectivity index (χ0) is 14.4. The number of hydrogen-bond acceptors (Lipinski definition) is 2. The van der Waals surface area contributed by atoms with Gasteiger partial charge in [-0.3, -0.25) is 4.79 Å². The van der Waals surface area contributed by atoms with E-state index in [1.807, 2.05) is 30.3 Å². The van der Waals surface area contributed by atoms with Gasteiger partial charge in [0, 0.05) is 6.54 Å². The van der Waals surface area contributed by atoms with Crippen molar-refractivity contribution in [2.24, 2.45) is 17.6 Å². The molecule has 1 aromatic rings. The molecule has 0 spiro atoms. The fraction of sp³-hybridized carbons (Fsp3) is 0.588. The third-order valence-electron chi connectivity index (χ3n) is 4.34. The van der Waals surface area contributed by atoms with Gasteiger partial charge in [0.05, 0.1) is 6.04 Å². The monoisotopic (exact) mass is 274 g/mol. The van der Waals surface area contributed by atoms with E-state index in [0.717, 1.165) is 18.0 Å². The van der Waals surface area contributed by atoms with Gasteiger partial charge in [-0.15, -0.1) is 0 Å². The maximum absolute atomic E-state index is 12.0. The lowest BCUT2D eigenvalue weighted by atomic mass is 9.83. The van der Waals surface area contributed by atoms with Crippen molar-refractivity contribution in [2.75, 3.05) is 6.54 Å². The second-order valence-corrected chi connectivity index (χ2v) is 6.17. The van der Waals surface area contributed by atoms with Crippen LogP contribution in [0.5, 0.6) is 0 Å². The molecular formula is C17H26N2O. The molecule has 1 amide bonds. The molecule has 0 saturated heterocycles. The Balaban J connectivity index is 1.71. The predicted molar refractivity (Wildman–Crippen MR) is 82.3 cm³/mol. The Hall–Kier alpha value is -1.35. The van der Waals surface area contributed by atoms with Gasteiger partial charge in [-0.05, 0) is 36.7 Å². The van der Waals surface area contributed by atoms with Crippen molar-refractivity contribution in [1.82, 2.24) is 5.32 Å². The van der Waals surface area contributed by atoms with E-state index >= 15 is 0 Å². The van der Waals surface area contributed by atoms with Gasteiger partial charge in [0.2, 0.25) is 5.91 Å². The van der Waals surface area contributed by atoms with Gasteiger partial charge in [-0.1, -0.05) is 50.1 Å². The molecule has 1 aliphatic carbocycles. The number of amides is 1. The number of benzene rings is 1. The van der Waals surface area contributed by atoms with Crippen molar-refractivity contribution in [3.8, 4) is 0 Å². The smallest absolute Gasteiger partial charge is 0.237 e. The Labute approximate surface area is 121 Å². The van der Waals surface area contributed by atoms with Crippen molar-refractivity contribution >= 4 is 5.91 Å². The van der Waals surface area contributed by atoms with Crippen LogP contribution < -0.4 is 11.1 Å². The molecule has 0 radical (unpaired) electrons. The van der Waals surface area contributed by atoms with Crippen LogP contribution in [-0.4, -0.2) is 18.5 Å². The first-order chi connectivity index (χ1) is 9.65. The highest BCUT2D eigenvalue weighted by Gasteiger charge is 2.20. The molecule has 1 aromatic carbocycles. The van der Waals surface area contributed by atoms with E-state index in [4.69, 9.17) is 5.73 Å². The molecule has 0 bridgehead atoms. The molecule has 0 aromatic heterocycles. The second-order valence-electron chi connectivity index (χ2n) is 6.17. The summed E-state index contributed by atoms with van der Waals surface area (Å²) in [5.41, 5.74) is 7.09. The van der Waals surface area contributed by atoms with Crippen molar-refractivity contribution in [2.45, 2.75) is 45.1 Å². The van der Waals surface area contributed by atoms with Crippen LogP contribution in [0.15, 0.2) is 30.3 Å². The van der Waals surface area contributed by atoms with E-state index in [2.05, 4.69) is 12.2 Å². The lowest BCUT2D eigenvalue weighted by Gasteiger charge is -2.26. The van der Waals surface area contributed by atoms with Gasteiger partial charge in [-0.25, -0.2) is 0 Å². The highest BCUT2D eigenvalue weighted by atomic mass is 16.2. The van der Waals surface area contributed by atoms with Crippen molar-refractivity contribution in [3.63, 3.8) is 0 Å². The number of rotatable bonds is 5. The molecule has 1 saturated carbocycles. The standard InChI is InChI=1S/C17H26N2O/c1-13-7-9-15(10-8-13)12-19-17(20)16(18)11-14-5-3-2-4-6-14/h2-6,13,15-16H,7-12,18H2,1H3,(H,19,20)/t13?,15?,16-/m1/s1. The summed E-state index contributed by atoms with van der Waals surface area (Å²) in [6.45, 7) is 3.10. The van der Waals surface area contributed by atoms with Crippen LogP contribution in [0.3, 0.4) is 0 Å². The van der Waals surface area contributed by atoms with Crippen molar-refractivity contribution in [3.05, 3.63) is 35.9 Å². The third kappa shape index (κ3) is 4.64. The topological polar surface area (TPSA) is 55.1 Å². The zero-order valence-corrected chi connectivity index (χ0v) is 12.3. The maximum Gasteiger partial charge on any atom is 0.237 e. The Morgan fingerprint density at radius 2 is 1.90 bits per heavy atom. The molecule has 1 atom stereocenters. The minimum Gasteiger partial charge on any atom is -0.354 e. The Morgan fingerprint density at radius 1 is 1.25 bits per heavy atom. The lowest BCUT2D eigenvalue weighted by Crippen LogP contribution is -2.44. The first-order valence-corrected chi connectivity index (χ1v) is 7.72. The number of nitrogens with one attached hydrogen (secondary N) is 1. The largest absolute Gasteiger partial charge is 0.354 e. The summed E-state index contributed by atoms with van der Waals surface area (Å²) in [6.07, 6.45) is 5.65. The van der Waals surface area contributed by atoms with Crippen LogP contribution in [-0.2, 0) is 11.2 Å². The molecule has 3 N–H and O–H groups in total. The van der Waals surface area contributed by atoms with E-state index in [9.17, 15) is 4.79 Å². The van der Waals surface area contributed by atoms with Gasteiger partial charge in [-0.2, -0.15) is 0 Å². The second kappa shape index (κ2) is 7.44. The van der Waals surface area contributed by atoms with Gasteiger partial charge < -0.3 is 11.1 Å². The van der Waals surface area contributed by atoms with Gasteiger partial charge >= 0.3 is 0 Å². The average Bonchev–Trinajstić information content (AvgIpc) is 2.47. The van der Waals surface area contributed by atoms with E-state index < -0.39 is 6.04 Å². The summed E-state index contributed by atoms with van der Waals surface area (Å²) in [6, 6.07) is 9.50. The summed E-state index contributed by atoms with van der Waals surface area (Å²) >= 11 is 0. The molecule has 2 rings (SSSR count). The molecule has 0 heterocycles. The van der Waals surface area contributed by atoms with Crippen LogP contribution in [0.4, 0.5) is 0 Å². The number of nitrogens with two attached hydrogens (primary N) is 1. The Morgan fingerprint density at radius 3 is 2.55 bits per heavy atom. The number of carbonyl (C=O) groups is 1. The highest BCUT2D eigenvalue weighted by Crippen LogP contribution is 2.27. The lowest BCUT2D eigenvalue weighted by molar-refractivity contribution is -0.122. The molecule has 0 unspecified atom stereocenters. The SMILES string of the molecule is CC1CCC(CNC(=O)[C@H](N)Cc2ccccc2)CC1. The molecule has 0 aliphatic heterocycles. The molecular weight excluding hydrogens is 248 g/mol. The molecule has 1 aliphatic rings. The van der Waals surface area contributed by atoms with E-state index in [0.29, 0.717) is 12.3 Å². The van der Waals surface area contributed by atoms with Crippen LogP contribution in [0.2, 0.25) is 0 Å². The molecule has 110 valence electrons. The highest BCUT2D eigenvalue weighted by molar-refractivity contribution is 5.81. The normalized spacial score (nSPS) is 24.1. The van der Waals surface area contributed by atoms with E-state index in [1.165, 1.54) is 25.7 Å². The molecule has 3 nitrogen and oxygen atoms in total. The maximum atomic E-state index is 12.0. The minimum atomic E-state index is -0.445. The predicted octanol–water partition coefficient (Wildman–Crippen LogP) is 2.50. The van der Waals surface area contributed by atoms with Gasteiger partial charge in [0.1, 0.15) is 0 Å². The summed E-state index contributed by atoms with van der Waals surface area (Å²) in [4.78, 5) is 12.0. The fourth-order valence-corrected chi connectivity index (χ4v) is 2.87. The van der Waals surface area contributed by atoms with Crippen LogP contribution in [0.25, 0.3) is 0 Å². The summed E-state index contributed by atoms with van der Waals surface area (Å²) in [7, 11) is 0. The first-order valence-electron chi connectivity index (χ1n) is 7.72. The van der Waals surface area contributed by atoms with Crippen LogP contribution in [0, 0.1) is 11.8 Å². The minimum absolute atomic E-state index is 0.0209. The fourth-order valence-electron chi connectivity index (χ4n) is 2.87. The third-order valence-corrected chi connectivity index (χ3v) is 4.34. The summed E-state index contributed by atoms with van der Waals surface area (Å²) < 4.78 is 0. The number of hydrogen-bond donors (Lipinski definition) is 2. The molecule has 1 fully saturated rings. The molecule has 20 heavy (non-hydrogen) atoms. The van der Waals surface area contributed by atoms with Crippen LogP contribution >= 0.6 is 0 Å². The summed E-state index contributed by atoms with van der Waals surface area (Å²) in [5.74, 6) is 1.47. The summed E-state index contributed by atoms with van der Waals surface area (Å²) in [5, 5.41) is 3.02. The first kappa shape index (κ1) is 15.0. The average molecular weight is 274 g/mol. The van der Waals surface area contributed by atoms with Gasteiger partial charge in [0.15, 0.2) is 0 Å². The Bertz CT molecular complexity index is 410. The van der Waals surface area contributed by atoms with E-state index in [-0.39, 0.29) is 5.91 Å². The Kier molecular flexibility index (Phi) is 5.60.